The number of urea groups is 1. The minimum absolute atomic E-state index is 0.0635. The number of carbonyl (C=O) groups excluding carboxylic acids is 1. The Hall–Kier alpha value is -1.96. The van der Waals surface area contributed by atoms with Gasteiger partial charge in [0.2, 0.25) is 0 Å². The third-order valence-electron chi connectivity index (χ3n) is 2.15. The summed E-state index contributed by atoms with van der Waals surface area (Å²) in [5, 5.41) is 13.2. The molecule has 110 valence electrons. The van der Waals surface area contributed by atoms with Crippen LogP contribution in [0, 0.1) is 0 Å². The molecule has 0 fully saturated rings. The van der Waals surface area contributed by atoms with Gasteiger partial charge >= 0.3 is 18.2 Å². The van der Waals surface area contributed by atoms with Gasteiger partial charge in [0.05, 0.1) is 17.7 Å². The van der Waals surface area contributed by atoms with Crippen LogP contribution in [0.4, 0.5) is 23.7 Å². The molecule has 0 spiro atoms. The number of halogens is 4. The largest absolute Gasteiger partial charge is 0.478 e. The first kappa shape index (κ1) is 16.1. The Morgan fingerprint density at radius 1 is 1.30 bits per heavy atom. The van der Waals surface area contributed by atoms with Crippen LogP contribution in [-0.4, -0.2) is 29.8 Å². The molecule has 1 aromatic rings. The Morgan fingerprint density at radius 3 is 2.50 bits per heavy atom. The van der Waals surface area contributed by atoms with E-state index in [4.69, 9.17) is 16.7 Å². The van der Waals surface area contributed by atoms with Crippen LogP contribution in [0.5, 0.6) is 0 Å². The monoisotopic (exact) mass is 310 g/mol. The predicted molar refractivity (Wildman–Crippen MR) is 66.1 cm³/mol. The van der Waals surface area contributed by atoms with Gasteiger partial charge in [-0.25, -0.2) is 9.59 Å². The van der Waals surface area contributed by atoms with Crippen molar-refractivity contribution < 1.29 is 27.9 Å². The third-order valence-corrected chi connectivity index (χ3v) is 2.39. The fourth-order valence-corrected chi connectivity index (χ4v) is 1.46. The highest BCUT2D eigenvalue weighted by molar-refractivity contribution is 6.31. The highest BCUT2D eigenvalue weighted by Gasteiger charge is 2.26. The van der Waals surface area contributed by atoms with Crippen molar-refractivity contribution in [3.05, 3.63) is 28.8 Å². The standard InChI is InChI=1S/C11H10ClF3N2O3/c12-6-1-2-8(7(5-6)9(18)19)17-10(20)16-4-3-11(13,14)15/h1-2,5H,3-4H2,(H,18,19)(H2,16,17,20). The van der Waals surface area contributed by atoms with Crippen molar-refractivity contribution in [3.63, 3.8) is 0 Å². The molecule has 0 saturated heterocycles. The summed E-state index contributed by atoms with van der Waals surface area (Å²) in [5.41, 5.74) is -0.324. The van der Waals surface area contributed by atoms with Crippen LogP contribution < -0.4 is 10.6 Å². The number of anilines is 1. The summed E-state index contributed by atoms with van der Waals surface area (Å²) in [4.78, 5) is 22.3. The molecule has 0 saturated carbocycles. The fraction of sp³-hybridized carbons (Fsp3) is 0.273. The van der Waals surface area contributed by atoms with Crippen molar-refractivity contribution in [1.82, 2.24) is 5.32 Å². The zero-order valence-corrected chi connectivity index (χ0v) is 10.7. The number of hydrogen-bond donors (Lipinski definition) is 3. The summed E-state index contributed by atoms with van der Waals surface area (Å²) < 4.78 is 35.6. The molecular formula is C11H10ClF3N2O3. The van der Waals surface area contributed by atoms with E-state index in [1.807, 2.05) is 5.32 Å². The molecule has 0 bridgehead atoms. The van der Waals surface area contributed by atoms with Gasteiger partial charge in [0.15, 0.2) is 0 Å². The second-order valence-corrected chi connectivity index (χ2v) is 4.18. The van der Waals surface area contributed by atoms with Crippen molar-refractivity contribution >= 4 is 29.3 Å². The maximum absolute atomic E-state index is 11.9. The van der Waals surface area contributed by atoms with Gasteiger partial charge in [0.25, 0.3) is 0 Å². The molecule has 20 heavy (non-hydrogen) atoms. The van der Waals surface area contributed by atoms with Crippen molar-refractivity contribution in [2.75, 3.05) is 11.9 Å². The lowest BCUT2D eigenvalue weighted by Gasteiger charge is -2.11. The highest BCUT2D eigenvalue weighted by atomic mass is 35.5. The number of amides is 2. The molecule has 0 aliphatic rings. The van der Waals surface area contributed by atoms with Crippen LogP contribution in [0.2, 0.25) is 5.02 Å². The van der Waals surface area contributed by atoms with Gasteiger partial charge in [-0.1, -0.05) is 11.6 Å². The molecule has 0 aliphatic carbocycles. The highest BCUT2D eigenvalue weighted by Crippen LogP contribution is 2.21. The number of carboxylic acids is 1. The van der Waals surface area contributed by atoms with E-state index in [9.17, 15) is 22.8 Å². The quantitative estimate of drug-likeness (QED) is 0.799. The number of aromatic carboxylic acids is 1. The average Bonchev–Trinajstić information content (AvgIpc) is 2.29. The number of carbonyl (C=O) groups is 2. The molecule has 2 amide bonds. The molecule has 1 aromatic carbocycles. The first-order chi connectivity index (χ1) is 9.19. The van der Waals surface area contributed by atoms with Crippen molar-refractivity contribution in [2.24, 2.45) is 0 Å². The van der Waals surface area contributed by atoms with Gasteiger partial charge in [0, 0.05) is 11.6 Å². The Morgan fingerprint density at radius 2 is 1.95 bits per heavy atom. The van der Waals surface area contributed by atoms with E-state index in [2.05, 4.69) is 5.32 Å². The third kappa shape index (κ3) is 5.35. The molecule has 0 aliphatic heterocycles. The van der Waals surface area contributed by atoms with Crippen LogP contribution in [-0.2, 0) is 0 Å². The number of benzene rings is 1. The SMILES string of the molecule is O=C(NCCC(F)(F)F)Nc1ccc(Cl)cc1C(=O)O. The van der Waals surface area contributed by atoms with Crippen LogP contribution in [0.3, 0.4) is 0 Å². The Kier molecular flexibility index (Phi) is 5.20. The molecule has 0 unspecified atom stereocenters. The smallest absolute Gasteiger partial charge is 0.390 e. The summed E-state index contributed by atoms with van der Waals surface area (Å²) >= 11 is 5.61. The van der Waals surface area contributed by atoms with Gasteiger partial charge in [-0.3, -0.25) is 0 Å². The second kappa shape index (κ2) is 6.47. The minimum atomic E-state index is -4.38. The lowest BCUT2D eigenvalue weighted by molar-refractivity contribution is -0.132. The van der Waals surface area contributed by atoms with Crippen LogP contribution in [0.15, 0.2) is 18.2 Å². The van der Waals surface area contributed by atoms with Crippen LogP contribution in [0.25, 0.3) is 0 Å². The number of carboxylic acid groups (broad SMARTS) is 1. The molecule has 0 heterocycles. The minimum Gasteiger partial charge on any atom is -0.478 e. The average molecular weight is 311 g/mol. The Labute approximate surface area is 116 Å². The van der Waals surface area contributed by atoms with E-state index in [-0.39, 0.29) is 16.3 Å². The van der Waals surface area contributed by atoms with E-state index in [1.54, 1.807) is 0 Å². The van der Waals surface area contributed by atoms with Crippen molar-refractivity contribution in [1.29, 1.82) is 0 Å². The summed E-state index contributed by atoms with van der Waals surface area (Å²) in [5.74, 6) is -1.32. The van der Waals surface area contributed by atoms with E-state index < -0.39 is 31.1 Å². The number of hydrogen-bond acceptors (Lipinski definition) is 2. The van der Waals surface area contributed by atoms with E-state index >= 15 is 0 Å². The van der Waals surface area contributed by atoms with Gasteiger partial charge in [-0.05, 0) is 18.2 Å². The van der Waals surface area contributed by atoms with Crippen molar-refractivity contribution in [3.8, 4) is 0 Å². The van der Waals surface area contributed by atoms with Crippen LogP contribution in [0.1, 0.15) is 16.8 Å². The first-order valence-electron chi connectivity index (χ1n) is 5.33. The fourth-order valence-electron chi connectivity index (χ4n) is 1.29. The number of nitrogens with one attached hydrogen (secondary N) is 2. The summed E-state index contributed by atoms with van der Waals surface area (Å²) in [6.07, 6.45) is -5.55. The van der Waals surface area contributed by atoms with E-state index in [0.717, 1.165) is 6.07 Å². The van der Waals surface area contributed by atoms with Crippen molar-refractivity contribution in [2.45, 2.75) is 12.6 Å². The molecule has 9 heteroatoms. The lowest BCUT2D eigenvalue weighted by atomic mass is 10.2. The van der Waals surface area contributed by atoms with Crippen LogP contribution >= 0.6 is 11.6 Å². The maximum atomic E-state index is 11.9. The molecular weight excluding hydrogens is 301 g/mol. The van der Waals surface area contributed by atoms with Gasteiger partial charge in [-0.2, -0.15) is 13.2 Å². The van der Waals surface area contributed by atoms with E-state index in [0.29, 0.717) is 0 Å². The number of rotatable bonds is 4. The second-order valence-electron chi connectivity index (χ2n) is 3.74. The Bertz CT molecular complexity index is 520. The molecule has 0 radical (unpaired) electrons. The summed E-state index contributed by atoms with van der Waals surface area (Å²) in [7, 11) is 0. The summed E-state index contributed by atoms with van der Waals surface area (Å²) in [6, 6.07) is 2.78. The zero-order chi connectivity index (χ0) is 15.3. The van der Waals surface area contributed by atoms with Gasteiger partial charge in [-0.15, -0.1) is 0 Å². The molecule has 1 rings (SSSR count). The molecule has 0 aromatic heterocycles. The first-order valence-corrected chi connectivity index (χ1v) is 5.71. The van der Waals surface area contributed by atoms with E-state index in [1.165, 1.54) is 12.1 Å². The molecule has 0 atom stereocenters. The topological polar surface area (TPSA) is 78.4 Å². The Balaban J connectivity index is 2.64. The number of alkyl halides is 3. The molecule has 5 nitrogen and oxygen atoms in total. The predicted octanol–water partition coefficient (Wildman–Crippen LogP) is 3.11. The zero-order valence-electron chi connectivity index (χ0n) is 9.92. The normalized spacial score (nSPS) is 11.0. The lowest BCUT2D eigenvalue weighted by Crippen LogP contribution is -2.32. The van der Waals surface area contributed by atoms with Gasteiger partial charge < -0.3 is 15.7 Å². The maximum Gasteiger partial charge on any atom is 0.390 e. The molecule has 3 N–H and O–H groups in total. The van der Waals surface area contributed by atoms with Gasteiger partial charge in [0.1, 0.15) is 0 Å². The summed E-state index contributed by atoms with van der Waals surface area (Å²) in [6.45, 7) is -0.606.